The minimum Gasteiger partial charge on any atom is -0.392 e. The Hall–Kier alpha value is -1.23. The first kappa shape index (κ1) is 17.6. The largest absolute Gasteiger partial charge is 0.416 e. The van der Waals surface area contributed by atoms with Crippen molar-refractivity contribution >= 4 is 10.0 Å². The van der Waals surface area contributed by atoms with Crippen LogP contribution >= 0.6 is 0 Å². The molecule has 3 rings (SSSR count). The SMILES string of the molecule is O=S(=O)(c1cc(C(F)(F)F)ccc1F)N1CCN2C[C@H](O)C[C@H]2C1. The third-order valence-corrected chi connectivity index (χ3v) is 6.31. The summed E-state index contributed by atoms with van der Waals surface area (Å²) >= 11 is 0. The third-order valence-electron chi connectivity index (χ3n) is 4.43. The van der Waals surface area contributed by atoms with Crippen LogP contribution in [0.5, 0.6) is 0 Å². The van der Waals surface area contributed by atoms with Gasteiger partial charge in [0.25, 0.3) is 0 Å². The zero-order chi connectivity index (χ0) is 17.7. The lowest BCUT2D eigenvalue weighted by molar-refractivity contribution is -0.137. The maximum atomic E-state index is 13.9. The van der Waals surface area contributed by atoms with Gasteiger partial charge in [0.05, 0.1) is 11.7 Å². The van der Waals surface area contributed by atoms with E-state index in [0.29, 0.717) is 37.7 Å². The molecule has 0 spiro atoms. The highest BCUT2D eigenvalue weighted by molar-refractivity contribution is 7.89. The van der Waals surface area contributed by atoms with Crippen LogP contribution in [0.15, 0.2) is 23.1 Å². The second-order valence-corrected chi connectivity index (χ2v) is 7.95. The maximum absolute atomic E-state index is 13.9. The fourth-order valence-electron chi connectivity index (χ4n) is 3.22. The summed E-state index contributed by atoms with van der Waals surface area (Å²) in [6, 6.07) is 1.16. The van der Waals surface area contributed by atoms with E-state index in [2.05, 4.69) is 0 Å². The molecule has 24 heavy (non-hydrogen) atoms. The lowest BCUT2D eigenvalue weighted by atomic mass is 10.2. The van der Waals surface area contributed by atoms with E-state index >= 15 is 0 Å². The Morgan fingerprint density at radius 1 is 1.17 bits per heavy atom. The predicted molar refractivity (Wildman–Crippen MR) is 76.1 cm³/mol. The lowest BCUT2D eigenvalue weighted by Gasteiger charge is -2.36. The van der Waals surface area contributed by atoms with Gasteiger partial charge in [-0.3, -0.25) is 4.90 Å². The summed E-state index contributed by atoms with van der Waals surface area (Å²) in [5.74, 6) is -1.21. The normalized spacial score (nSPS) is 26.5. The molecule has 0 radical (unpaired) electrons. The number of nitrogens with zero attached hydrogens (tertiary/aromatic N) is 2. The molecule has 1 aromatic rings. The molecule has 2 heterocycles. The third kappa shape index (κ3) is 3.15. The fraction of sp³-hybridized carbons (Fsp3) is 0.571. The van der Waals surface area contributed by atoms with Crippen LogP contribution in [0, 0.1) is 5.82 Å². The van der Waals surface area contributed by atoms with E-state index in [4.69, 9.17) is 0 Å². The number of benzene rings is 1. The van der Waals surface area contributed by atoms with Crippen LogP contribution in [0.4, 0.5) is 17.6 Å². The molecule has 10 heteroatoms. The molecule has 0 unspecified atom stereocenters. The number of sulfonamides is 1. The predicted octanol–water partition coefficient (Wildman–Crippen LogP) is 1.28. The lowest BCUT2D eigenvalue weighted by Crippen LogP contribution is -2.52. The van der Waals surface area contributed by atoms with Crippen molar-refractivity contribution < 1.29 is 31.1 Å². The molecule has 0 aromatic heterocycles. The molecular weight excluding hydrogens is 352 g/mol. The van der Waals surface area contributed by atoms with Gasteiger partial charge in [-0.15, -0.1) is 0 Å². The minimum atomic E-state index is -4.76. The number of rotatable bonds is 2. The number of fused-ring (bicyclic) bond motifs is 1. The van der Waals surface area contributed by atoms with E-state index in [-0.39, 0.29) is 19.1 Å². The fourth-order valence-corrected chi connectivity index (χ4v) is 4.78. The Morgan fingerprint density at radius 3 is 2.54 bits per heavy atom. The molecule has 2 saturated heterocycles. The molecule has 1 aromatic carbocycles. The summed E-state index contributed by atoms with van der Waals surface area (Å²) in [5, 5.41) is 9.64. The molecule has 0 bridgehead atoms. The summed E-state index contributed by atoms with van der Waals surface area (Å²) in [6.45, 7) is 0.855. The Labute approximate surface area is 136 Å². The second-order valence-electron chi connectivity index (χ2n) is 6.04. The van der Waals surface area contributed by atoms with Crippen LogP contribution in [-0.2, 0) is 16.2 Å². The summed E-state index contributed by atoms with van der Waals surface area (Å²) in [4.78, 5) is 0.962. The molecule has 2 fully saturated rings. The van der Waals surface area contributed by atoms with Crippen LogP contribution in [0.2, 0.25) is 0 Å². The van der Waals surface area contributed by atoms with Gasteiger partial charge in [-0.1, -0.05) is 0 Å². The quantitative estimate of drug-likeness (QED) is 0.799. The molecule has 1 N–H and O–H groups in total. The van der Waals surface area contributed by atoms with Gasteiger partial charge in [0.15, 0.2) is 0 Å². The minimum absolute atomic E-state index is 0.0229. The van der Waals surface area contributed by atoms with Gasteiger partial charge in [-0.2, -0.15) is 17.5 Å². The highest BCUT2D eigenvalue weighted by Crippen LogP contribution is 2.33. The van der Waals surface area contributed by atoms with Crippen molar-refractivity contribution in [2.75, 3.05) is 26.2 Å². The molecule has 0 amide bonds. The molecule has 2 atom stereocenters. The average Bonchev–Trinajstić information content (AvgIpc) is 2.85. The number of aliphatic hydroxyl groups is 1. The van der Waals surface area contributed by atoms with Gasteiger partial charge in [-0.05, 0) is 24.6 Å². The van der Waals surface area contributed by atoms with Gasteiger partial charge >= 0.3 is 6.18 Å². The second kappa shape index (κ2) is 5.94. The topological polar surface area (TPSA) is 60.9 Å². The van der Waals surface area contributed by atoms with Crippen molar-refractivity contribution in [3.8, 4) is 0 Å². The molecule has 2 aliphatic heterocycles. The molecule has 0 aliphatic carbocycles. The zero-order valence-electron chi connectivity index (χ0n) is 12.5. The number of aliphatic hydroxyl groups excluding tert-OH is 1. The first-order chi connectivity index (χ1) is 11.1. The smallest absolute Gasteiger partial charge is 0.392 e. The van der Waals surface area contributed by atoms with Crippen LogP contribution in [-0.4, -0.2) is 61.1 Å². The van der Waals surface area contributed by atoms with Crippen molar-refractivity contribution in [3.63, 3.8) is 0 Å². The number of alkyl halides is 3. The number of piperazine rings is 1. The number of hydrogen-bond donors (Lipinski definition) is 1. The molecule has 5 nitrogen and oxygen atoms in total. The zero-order valence-corrected chi connectivity index (χ0v) is 13.3. The van der Waals surface area contributed by atoms with Gasteiger partial charge in [-0.25, -0.2) is 12.8 Å². The van der Waals surface area contributed by atoms with Gasteiger partial charge in [0, 0.05) is 32.2 Å². The van der Waals surface area contributed by atoms with Crippen LogP contribution in [0.25, 0.3) is 0 Å². The molecular formula is C14H16F4N2O3S. The molecule has 0 saturated carbocycles. The number of hydrogen-bond acceptors (Lipinski definition) is 4. The van der Waals surface area contributed by atoms with Crippen molar-refractivity contribution in [1.82, 2.24) is 9.21 Å². The van der Waals surface area contributed by atoms with Crippen LogP contribution in [0.3, 0.4) is 0 Å². The highest BCUT2D eigenvalue weighted by atomic mass is 32.2. The van der Waals surface area contributed by atoms with E-state index < -0.39 is 38.6 Å². The van der Waals surface area contributed by atoms with Crippen LogP contribution < -0.4 is 0 Å². The van der Waals surface area contributed by atoms with Crippen molar-refractivity contribution in [2.45, 2.75) is 29.6 Å². The van der Waals surface area contributed by atoms with E-state index in [1.807, 2.05) is 4.90 Å². The standard InChI is InChI=1S/C14H16F4N2O3S/c15-12-2-1-9(14(16,17)18)5-13(12)24(22,23)20-4-3-19-8-11(21)6-10(19)7-20/h1-2,5,10-11,21H,3-4,6-8H2/t10-,11+/m0/s1. The summed E-state index contributed by atoms with van der Waals surface area (Å²) in [6.07, 6.45) is -4.92. The Kier molecular flexibility index (Phi) is 4.35. The molecule has 2 aliphatic rings. The first-order valence-electron chi connectivity index (χ1n) is 7.38. The highest BCUT2D eigenvalue weighted by Gasteiger charge is 2.41. The monoisotopic (exact) mass is 368 g/mol. The van der Waals surface area contributed by atoms with E-state index in [1.165, 1.54) is 0 Å². The van der Waals surface area contributed by atoms with Crippen molar-refractivity contribution in [3.05, 3.63) is 29.6 Å². The summed E-state index contributed by atoms with van der Waals surface area (Å²) in [5.41, 5.74) is -1.21. The van der Waals surface area contributed by atoms with Crippen molar-refractivity contribution in [1.29, 1.82) is 0 Å². The van der Waals surface area contributed by atoms with Gasteiger partial charge in [0.1, 0.15) is 10.7 Å². The Morgan fingerprint density at radius 2 is 1.88 bits per heavy atom. The Balaban J connectivity index is 1.91. The van der Waals surface area contributed by atoms with E-state index in [9.17, 15) is 31.1 Å². The van der Waals surface area contributed by atoms with E-state index in [0.717, 1.165) is 4.31 Å². The summed E-state index contributed by atoms with van der Waals surface area (Å²) in [7, 11) is -4.38. The van der Waals surface area contributed by atoms with Gasteiger partial charge in [0.2, 0.25) is 10.0 Å². The van der Waals surface area contributed by atoms with E-state index in [1.54, 1.807) is 0 Å². The summed E-state index contributed by atoms with van der Waals surface area (Å²) < 4.78 is 78.4. The van der Waals surface area contributed by atoms with Crippen LogP contribution in [0.1, 0.15) is 12.0 Å². The van der Waals surface area contributed by atoms with Crippen molar-refractivity contribution in [2.24, 2.45) is 0 Å². The number of halogens is 4. The Bertz CT molecular complexity index is 738. The molecule has 134 valence electrons. The van der Waals surface area contributed by atoms with Gasteiger partial charge < -0.3 is 5.11 Å². The average molecular weight is 368 g/mol. The maximum Gasteiger partial charge on any atom is 0.416 e. The first-order valence-corrected chi connectivity index (χ1v) is 8.82.